The minimum absolute atomic E-state index is 0.0146. The number of hydrogen-bond donors (Lipinski definition) is 2. The highest BCUT2D eigenvalue weighted by Gasteiger charge is 2.34. The molecule has 0 aliphatic carbocycles. The van der Waals surface area contributed by atoms with Gasteiger partial charge in [0.2, 0.25) is 5.91 Å². The van der Waals surface area contributed by atoms with Crippen LogP contribution in [0.3, 0.4) is 0 Å². The molecule has 2 unspecified atom stereocenters. The molecule has 19 heavy (non-hydrogen) atoms. The normalized spacial score (nSPS) is 20.6. The number of carbonyl (C=O) groups excluding carboxylic acids is 1. The van der Waals surface area contributed by atoms with E-state index < -0.39 is 12.0 Å². The van der Waals surface area contributed by atoms with E-state index in [-0.39, 0.29) is 17.6 Å². The number of benzene rings is 1. The number of halogens is 1. The summed E-state index contributed by atoms with van der Waals surface area (Å²) < 4.78 is 0.921. The summed E-state index contributed by atoms with van der Waals surface area (Å²) in [6.07, 6.45) is 0.281. The third-order valence-electron chi connectivity index (χ3n) is 3.14. The van der Waals surface area contributed by atoms with Crippen LogP contribution in [0.5, 0.6) is 0 Å². The summed E-state index contributed by atoms with van der Waals surface area (Å²) in [5, 5.41) is 9.03. The first-order chi connectivity index (χ1) is 8.97. The lowest BCUT2D eigenvalue weighted by molar-refractivity contribution is -0.139. The van der Waals surface area contributed by atoms with Gasteiger partial charge in [0.15, 0.2) is 0 Å². The summed E-state index contributed by atoms with van der Waals surface area (Å²) in [6, 6.07) is 6.97. The smallest absolute Gasteiger partial charge is 0.305 e. The van der Waals surface area contributed by atoms with Crippen molar-refractivity contribution in [3.05, 3.63) is 34.3 Å². The molecule has 1 aromatic rings. The van der Waals surface area contributed by atoms with Crippen LogP contribution in [0.1, 0.15) is 24.4 Å². The van der Waals surface area contributed by atoms with Crippen LogP contribution in [-0.2, 0) is 9.59 Å². The van der Waals surface area contributed by atoms with Crippen LogP contribution in [0, 0.1) is 0 Å². The van der Waals surface area contributed by atoms with Crippen molar-refractivity contribution >= 4 is 40.4 Å². The van der Waals surface area contributed by atoms with Crippen molar-refractivity contribution in [1.29, 1.82) is 0 Å². The molecule has 4 nitrogen and oxygen atoms in total. The zero-order valence-corrected chi connectivity index (χ0v) is 12.6. The molecule has 1 fully saturated rings. The average Bonchev–Trinajstić information content (AvgIpc) is 2.66. The van der Waals surface area contributed by atoms with Crippen molar-refractivity contribution in [2.45, 2.75) is 24.1 Å². The average molecular weight is 344 g/mol. The fraction of sp³-hybridized carbons (Fsp3) is 0.385. The number of carboxylic acids is 1. The predicted octanol–water partition coefficient (Wildman–Crippen LogP) is 2.50. The third kappa shape index (κ3) is 3.51. The molecule has 0 spiro atoms. The molecule has 1 amide bonds. The Bertz CT molecular complexity index is 491. The maximum atomic E-state index is 11.9. The number of amides is 1. The Morgan fingerprint density at radius 1 is 1.47 bits per heavy atom. The summed E-state index contributed by atoms with van der Waals surface area (Å²) in [6.45, 7) is 0.496. The number of thiol groups is 1. The van der Waals surface area contributed by atoms with Crippen molar-refractivity contribution in [3.8, 4) is 0 Å². The topological polar surface area (TPSA) is 57.6 Å². The maximum Gasteiger partial charge on any atom is 0.305 e. The number of carbonyl (C=O) groups is 2. The summed E-state index contributed by atoms with van der Waals surface area (Å²) in [7, 11) is 0. The Balaban J connectivity index is 2.28. The van der Waals surface area contributed by atoms with E-state index in [9.17, 15) is 9.59 Å². The second-order valence-corrected chi connectivity index (χ2v) is 6.22. The molecule has 1 N–H and O–H groups in total. The SMILES string of the molecule is O=C(O)CC(c1ccc(Br)cc1)N1CC(S)CC1=O. The van der Waals surface area contributed by atoms with Crippen LogP contribution in [0.4, 0.5) is 0 Å². The predicted molar refractivity (Wildman–Crippen MR) is 78.2 cm³/mol. The monoisotopic (exact) mass is 343 g/mol. The molecule has 1 saturated heterocycles. The van der Waals surface area contributed by atoms with E-state index in [1.807, 2.05) is 24.3 Å². The van der Waals surface area contributed by atoms with Crippen molar-refractivity contribution < 1.29 is 14.7 Å². The Hall–Kier alpha value is -1.01. The van der Waals surface area contributed by atoms with E-state index in [0.29, 0.717) is 13.0 Å². The van der Waals surface area contributed by atoms with Gasteiger partial charge < -0.3 is 10.0 Å². The van der Waals surface area contributed by atoms with Crippen molar-refractivity contribution in [2.24, 2.45) is 0 Å². The van der Waals surface area contributed by atoms with E-state index in [0.717, 1.165) is 10.0 Å². The van der Waals surface area contributed by atoms with Gasteiger partial charge >= 0.3 is 5.97 Å². The minimum Gasteiger partial charge on any atom is -0.481 e. The van der Waals surface area contributed by atoms with Gasteiger partial charge in [-0.3, -0.25) is 9.59 Å². The summed E-state index contributed by atoms with van der Waals surface area (Å²) >= 11 is 7.65. The van der Waals surface area contributed by atoms with Crippen molar-refractivity contribution in [1.82, 2.24) is 4.90 Å². The number of carboxylic acid groups (broad SMARTS) is 1. The van der Waals surface area contributed by atoms with Crippen molar-refractivity contribution in [2.75, 3.05) is 6.54 Å². The van der Waals surface area contributed by atoms with Gasteiger partial charge in [-0.25, -0.2) is 0 Å². The molecule has 0 saturated carbocycles. The molecule has 1 aliphatic rings. The molecular formula is C13H14BrNO3S. The molecular weight excluding hydrogens is 330 g/mol. The van der Waals surface area contributed by atoms with E-state index in [2.05, 4.69) is 28.6 Å². The maximum absolute atomic E-state index is 11.9. The van der Waals surface area contributed by atoms with Gasteiger partial charge in [-0.1, -0.05) is 28.1 Å². The fourth-order valence-electron chi connectivity index (χ4n) is 2.27. The first kappa shape index (κ1) is 14.4. The lowest BCUT2D eigenvalue weighted by Gasteiger charge is -2.27. The largest absolute Gasteiger partial charge is 0.481 e. The van der Waals surface area contributed by atoms with Gasteiger partial charge in [-0.05, 0) is 17.7 Å². The lowest BCUT2D eigenvalue weighted by atomic mass is 10.0. The number of rotatable bonds is 4. The molecule has 0 aromatic heterocycles. The van der Waals surface area contributed by atoms with Crippen LogP contribution in [0.25, 0.3) is 0 Å². The third-order valence-corrected chi connectivity index (χ3v) is 4.01. The van der Waals surface area contributed by atoms with E-state index in [4.69, 9.17) is 5.11 Å². The summed E-state index contributed by atoms with van der Waals surface area (Å²) in [5.41, 5.74) is 0.835. The highest BCUT2D eigenvalue weighted by Crippen LogP contribution is 2.31. The molecule has 0 bridgehead atoms. The van der Waals surface area contributed by atoms with E-state index in [1.165, 1.54) is 0 Å². The van der Waals surface area contributed by atoms with Gasteiger partial charge in [0.05, 0.1) is 12.5 Å². The Morgan fingerprint density at radius 3 is 2.58 bits per heavy atom. The number of aliphatic carboxylic acids is 1. The second-order valence-electron chi connectivity index (χ2n) is 4.57. The first-order valence-electron chi connectivity index (χ1n) is 5.92. The van der Waals surface area contributed by atoms with E-state index >= 15 is 0 Å². The van der Waals surface area contributed by atoms with Gasteiger partial charge in [0, 0.05) is 22.7 Å². The van der Waals surface area contributed by atoms with Crippen LogP contribution >= 0.6 is 28.6 Å². The molecule has 2 atom stereocenters. The molecule has 6 heteroatoms. The first-order valence-corrected chi connectivity index (χ1v) is 7.23. The van der Waals surface area contributed by atoms with Gasteiger partial charge in [0.1, 0.15) is 0 Å². The molecule has 2 rings (SSSR count). The quantitative estimate of drug-likeness (QED) is 0.825. The molecule has 1 aliphatic heterocycles. The van der Waals surface area contributed by atoms with Gasteiger partial charge in [-0.15, -0.1) is 0 Å². The van der Waals surface area contributed by atoms with Crippen LogP contribution in [0.2, 0.25) is 0 Å². The second kappa shape index (κ2) is 5.96. The summed E-state index contributed by atoms with van der Waals surface area (Å²) in [5.74, 6) is -0.947. The molecule has 102 valence electrons. The van der Waals surface area contributed by atoms with Gasteiger partial charge in [-0.2, -0.15) is 12.6 Å². The molecule has 1 aromatic carbocycles. The Kier molecular flexibility index (Phi) is 4.52. The van der Waals surface area contributed by atoms with Crippen LogP contribution in [-0.4, -0.2) is 33.7 Å². The highest BCUT2D eigenvalue weighted by molar-refractivity contribution is 9.10. The van der Waals surface area contributed by atoms with E-state index in [1.54, 1.807) is 4.90 Å². The van der Waals surface area contributed by atoms with Crippen LogP contribution in [0.15, 0.2) is 28.7 Å². The number of hydrogen-bond acceptors (Lipinski definition) is 3. The Morgan fingerprint density at radius 2 is 2.11 bits per heavy atom. The zero-order valence-electron chi connectivity index (χ0n) is 10.1. The molecule has 1 heterocycles. The lowest BCUT2D eigenvalue weighted by Crippen LogP contribution is -2.32. The van der Waals surface area contributed by atoms with Crippen molar-refractivity contribution in [3.63, 3.8) is 0 Å². The standard InChI is InChI=1S/C13H14BrNO3S/c14-9-3-1-8(2-4-9)11(6-13(17)18)15-7-10(19)5-12(15)16/h1-4,10-11,19H,5-7H2,(H,17,18). The number of likely N-dealkylation sites (tertiary alicyclic amines) is 1. The highest BCUT2D eigenvalue weighted by atomic mass is 79.9. The molecule has 0 radical (unpaired) electrons. The summed E-state index contributed by atoms with van der Waals surface area (Å²) in [4.78, 5) is 24.6. The fourth-order valence-corrected chi connectivity index (χ4v) is 2.87. The Labute approximate surface area is 125 Å². The zero-order chi connectivity index (χ0) is 14.0. The van der Waals surface area contributed by atoms with Crippen LogP contribution < -0.4 is 0 Å². The minimum atomic E-state index is -0.914. The van der Waals surface area contributed by atoms with Gasteiger partial charge in [0.25, 0.3) is 0 Å². The number of nitrogens with zero attached hydrogens (tertiary/aromatic N) is 1.